The lowest BCUT2D eigenvalue weighted by Gasteiger charge is -2.42. The SMILES string of the molecule is COCCc1ccc(C)c(CN(C2CC2)C(OC)C2CNCCC2c2ccc(OCCOc3c(Cl)cc(C)cc3Cl)nc2)c1. The van der Waals surface area contributed by atoms with Crippen LogP contribution in [0.15, 0.2) is 48.7 Å². The summed E-state index contributed by atoms with van der Waals surface area (Å²) < 4.78 is 23.3. The number of halogens is 2. The molecule has 44 heavy (non-hydrogen) atoms. The van der Waals surface area contributed by atoms with Gasteiger partial charge in [-0.15, -0.1) is 0 Å². The fourth-order valence-electron chi connectivity index (χ4n) is 6.26. The first kappa shape index (κ1) is 33.0. The molecule has 1 aliphatic carbocycles. The Morgan fingerprint density at radius 2 is 1.73 bits per heavy atom. The summed E-state index contributed by atoms with van der Waals surface area (Å²) in [5, 5.41) is 4.63. The molecule has 3 atom stereocenters. The topological polar surface area (TPSA) is 65.1 Å². The zero-order chi connectivity index (χ0) is 31.1. The summed E-state index contributed by atoms with van der Waals surface area (Å²) in [6.07, 6.45) is 6.34. The maximum absolute atomic E-state index is 6.35. The predicted octanol–water partition coefficient (Wildman–Crippen LogP) is 6.98. The standard InChI is InChI=1S/C35H45Cl2N3O4/c1-23-17-31(36)34(32(37)18-23)44-16-15-43-33-10-7-26(20-39-33)29-11-13-38-21-30(29)35(42-4)40(28-8-9-28)22-27-19-25(12-14-41-3)6-5-24(27)2/h5-7,10,17-20,28-30,35,38H,8-9,11-16,21-22H2,1-4H3. The summed E-state index contributed by atoms with van der Waals surface area (Å²) in [5.74, 6) is 1.66. The molecule has 1 N–H and O–H groups in total. The summed E-state index contributed by atoms with van der Waals surface area (Å²) in [6, 6.07) is 15.1. The Morgan fingerprint density at radius 1 is 0.955 bits per heavy atom. The van der Waals surface area contributed by atoms with Crippen molar-refractivity contribution in [2.24, 2.45) is 5.92 Å². The molecule has 238 valence electrons. The van der Waals surface area contributed by atoms with Crippen molar-refractivity contribution in [1.82, 2.24) is 15.2 Å². The number of methoxy groups -OCH3 is 2. The van der Waals surface area contributed by atoms with E-state index in [0.717, 1.165) is 44.6 Å². The molecule has 2 fully saturated rings. The van der Waals surface area contributed by atoms with Crippen LogP contribution in [-0.4, -0.2) is 69.3 Å². The first-order valence-electron chi connectivity index (χ1n) is 15.6. The van der Waals surface area contributed by atoms with Crippen LogP contribution in [0.1, 0.15) is 53.0 Å². The maximum atomic E-state index is 6.35. The Bertz CT molecular complexity index is 1350. The third-order valence-electron chi connectivity index (χ3n) is 8.75. The Morgan fingerprint density at radius 3 is 2.41 bits per heavy atom. The molecule has 1 aromatic heterocycles. The molecule has 3 aromatic rings. The number of rotatable bonds is 15. The molecule has 5 rings (SSSR count). The van der Waals surface area contributed by atoms with Crippen LogP contribution in [0.2, 0.25) is 10.0 Å². The second-order valence-corrected chi connectivity index (χ2v) is 12.8. The molecule has 0 spiro atoms. The highest BCUT2D eigenvalue weighted by Crippen LogP contribution is 2.40. The average molecular weight is 643 g/mol. The van der Waals surface area contributed by atoms with Crippen LogP contribution in [-0.2, 0) is 22.4 Å². The molecule has 2 heterocycles. The van der Waals surface area contributed by atoms with Crippen molar-refractivity contribution >= 4 is 23.2 Å². The zero-order valence-corrected chi connectivity index (χ0v) is 27.8. The van der Waals surface area contributed by atoms with E-state index < -0.39 is 0 Å². The van der Waals surface area contributed by atoms with E-state index in [1.54, 1.807) is 7.11 Å². The minimum absolute atomic E-state index is 0.00386. The Kier molecular flexibility index (Phi) is 11.8. The van der Waals surface area contributed by atoms with E-state index in [4.69, 9.17) is 42.1 Å². The second-order valence-electron chi connectivity index (χ2n) is 12.0. The van der Waals surface area contributed by atoms with Gasteiger partial charge in [-0.05, 0) is 91.9 Å². The average Bonchev–Trinajstić information content (AvgIpc) is 3.86. The van der Waals surface area contributed by atoms with Gasteiger partial charge in [0.2, 0.25) is 5.88 Å². The maximum Gasteiger partial charge on any atom is 0.213 e. The molecule has 3 unspecified atom stereocenters. The number of ether oxygens (including phenoxy) is 4. The molecule has 2 aliphatic rings. The van der Waals surface area contributed by atoms with Gasteiger partial charge in [0.25, 0.3) is 0 Å². The number of nitrogens with zero attached hydrogens (tertiary/aromatic N) is 2. The summed E-state index contributed by atoms with van der Waals surface area (Å²) in [5.41, 5.74) is 6.21. The van der Waals surface area contributed by atoms with Crippen LogP contribution in [0.4, 0.5) is 0 Å². The number of pyridine rings is 1. The van der Waals surface area contributed by atoms with Gasteiger partial charge in [0.1, 0.15) is 19.4 Å². The monoisotopic (exact) mass is 641 g/mol. The smallest absolute Gasteiger partial charge is 0.213 e. The van der Waals surface area contributed by atoms with Gasteiger partial charge in [-0.1, -0.05) is 47.5 Å². The lowest BCUT2D eigenvalue weighted by atomic mass is 9.80. The Balaban J connectivity index is 1.24. The van der Waals surface area contributed by atoms with E-state index in [-0.39, 0.29) is 12.1 Å². The first-order valence-corrected chi connectivity index (χ1v) is 16.4. The van der Waals surface area contributed by atoms with Crippen molar-refractivity contribution in [1.29, 1.82) is 0 Å². The molecule has 1 saturated heterocycles. The minimum atomic E-state index is -0.00386. The van der Waals surface area contributed by atoms with Gasteiger partial charge in [-0.2, -0.15) is 0 Å². The van der Waals surface area contributed by atoms with Crippen molar-refractivity contribution in [3.05, 3.63) is 86.5 Å². The third-order valence-corrected chi connectivity index (χ3v) is 9.31. The van der Waals surface area contributed by atoms with Crippen molar-refractivity contribution in [3.63, 3.8) is 0 Å². The van der Waals surface area contributed by atoms with E-state index >= 15 is 0 Å². The molecule has 7 nitrogen and oxygen atoms in total. The van der Waals surface area contributed by atoms with E-state index in [9.17, 15) is 0 Å². The number of hydrogen-bond donors (Lipinski definition) is 1. The molecular formula is C35H45Cl2N3O4. The second kappa shape index (κ2) is 15.7. The highest BCUT2D eigenvalue weighted by molar-refractivity contribution is 6.37. The molecular weight excluding hydrogens is 597 g/mol. The van der Waals surface area contributed by atoms with Crippen LogP contribution < -0.4 is 14.8 Å². The Hall–Kier alpha value is -2.39. The molecule has 1 aliphatic heterocycles. The van der Waals surface area contributed by atoms with Crippen molar-refractivity contribution < 1.29 is 18.9 Å². The minimum Gasteiger partial charge on any atom is -0.487 e. The van der Waals surface area contributed by atoms with E-state index in [1.165, 1.54) is 35.1 Å². The highest BCUT2D eigenvalue weighted by atomic mass is 35.5. The quantitative estimate of drug-likeness (QED) is 0.142. The molecule has 0 bridgehead atoms. The van der Waals surface area contributed by atoms with Gasteiger partial charge in [0.05, 0.1) is 16.7 Å². The van der Waals surface area contributed by atoms with Crippen LogP contribution >= 0.6 is 23.2 Å². The normalized spacial score (nSPS) is 19.2. The molecule has 1 saturated carbocycles. The lowest BCUT2D eigenvalue weighted by molar-refractivity contribution is -0.0904. The largest absolute Gasteiger partial charge is 0.487 e. The first-order chi connectivity index (χ1) is 21.4. The van der Waals surface area contributed by atoms with E-state index in [0.29, 0.717) is 46.8 Å². The third kappa shape index (κ3) is 8.45. The number of aromatic nitrogens is 1. The van der Waals surface area contributed by atoms with Gasteiger partial charge in [-0.3, -0.25) is 4.90 Å². The molecule has 2 aromatic carbocycles. The van der Waals surface area contributed by atoms with Crippen molar-refractivity contribution in [3.8, 4) is 11.6 Å². The molecule has 0 radical (unpaired) electrons. The van der Waals surface area contributed by atoms with Crippen LogP contribution in [0, 0.1) is 19.8 Å². The predicted molar refractivity (Wildman–Crippen MR) is 176 cm³/mol. The summed E-state index contributed by atoms with van der Waals surface area (Å²) >= 11 is 12.6. The summed E-state index contributed by atoms with van der Waals surface area (Å²) in [6.45, 7) is 8.28. The number of nitrogens with one attached hydrogen (secondary N) is 1. The number of piperidine rings is 1. The zero-order valence-electron chi connectivity index (χ0n) is 26.3. The van der Waals surface area contributed by atoms with Crippen LogP contribution in [0.25, 0.3) is 0 Å². The van der Waals surface area contributed by atoms with Gasteiger partial charge < -0.3 is 24.3 Å². The summed E-state index contributed by atoms with van der Waals surface area (Å²) in [4.78, 5) is 7.26. The van der Waals surface area contributed by atoms with Crippen molar-refractivity contribution in [2.75, 3.05) is 47.1 Å². The van der Waals surface area contributed by atoms with Gasteiger partial charge in [0.15, 0.2) is 5.75 Å². The number of hydrogen-bond acceptors (Lipinski definition) is 7. The van der Waals surface area contributed by atoms with Gasteiger partial charge in [0, 0.05) is 51.5 Å². The lowest BCUT2D eigenvalue weighted by Crippen LogP contribution is -2.51. The van der Waals surface area contributed by atoms with Gasteiger partial charge >= 0.3 is 0 Å². The van der Waals surface area contributed by atoms with Crippen molar-refractivity contribution in [2.45, 2.75) is 64.3 Å². The van der Waals surface area contributed by atoms with Crippen LogP contribution in [0.5, 0.6) is 11.6 Å². The van der Waals surface area contributed by atoms with E-state index in [2.05, 4.69) is 46.4 Å². The van der Waals surface area contributed by atoms with E-state index in [1.807, 2.05) is 38.4 Å². The molecule has 9 heteroatoms. The molecule has 0 amide bonds. The fraction of sp³-hybridized carbons (Fsp3) is 0.514. The summed E-state index contributed by atoms with van der Waals surface area (Å²) in [7, 11) is 3.62. The number of aryl methyl sites for hydroxylation is 2. The highest BCUT2D eigenvalue weighted by Gasteiger charge is 2.42. The fourth-order valence-corrected chi connectivity index (χ4v) is 6.97. The number of benzene rings is 2. The Labute approximate surface area is 272 Å². The van der Waals surface area contributed by atoms with Gasteiger partial charge in [-0.25, -0.2) is 4.98 Å². The van der Waals surface area contributed by atoms with Crippen LogP contribution in [0.3, 0.4) is 0 Å².